The van der Waals surface area contributed by atoms with Crippen LogP contribution in [0, 0.1) is 5.41 Å². The van der Waals surface area contributed by atoms with Gasteiger partial charge in [0, 0.05) is 32.3 Å². The summed E-state index contributed by atoms with van der Waals surface area (Å²) in [5.74, 6) is 0.608. The Kier molecular flexibility index (Phi) is 3.13. The van der Waals surface area contributed by atoms with E-state index in [-0.39, 0.29) is 5.82 Å². The number of hydrogen-bond acceptors (Lipinski definition) is 4. The summed E-state index contributed by atoms with van der Waals surface area (Å²) in [5.41, 5.74) is 10.6. The number of hydrogen-bond donors (Lipinski definition) is 3. The summed E-state index contributed by atoms with van der Waals surface area (Å²) < 4.78 is 0. The molecule has 13 heavy (non-hydrogen) atoms. The van der Waals surface area contributed by atoms with Crippen LogP contribution in [0.3, 0.4) is 0 Å². The molecule has 0 aliphatic carbocycles. The van der Waals surface area contributed by atoms with Gasteiger partial charge in [0.25, 0.3) is 0 Å². The van der Waals surface area contributed by atoms with Crippen molar-refractivity contribution in [1.82, 2.24) is 9.80 Å². The minimum absolute atomic E-state index is 0.198. The Morgan fingerprint density at radius 2 is 1.77 bits per heavy atom. The quantitative estimate of drug-likeness (QED) is 0.358. The van der Waals surface area contributed by atoms with Gasteiger partial charge in [0.2, 0.25) is 0 Å². The molecule has 0 amide bonds. The van der Waals surface area contributed by atoms with Crippen LogP contribution in [0.15, 0.2) is 11.9 Å². The normalized spacial score (nSPS) is 18.4. The summed E-state index contributed by atoms with van der Waals surface area (Å²) in [4.78, 5) is 4.21. The third-order valence-electron chi connectivity index (χ3n) is 2.15. The molecule has 1 fully saturated rings. The van der Waals surface area contributed by atoms with Crippen LogP contribution in [0.5, 0.6) is 0 Å². The van der Waals surface area contributed by atoms with E-state index in [1.54, 1.807) is 0 Å². The zero-order valence-electron chi connectivity index (χ0n) is 7.95. The van der Waals surface area contributed by atoms with E-state index in [4.69, 9.17) is 16.9 Å². The third kappa shape index (κ3) is 2.95. The fourth-order valence-electron chi connectivity index (χ4n) is 1.30. The number of rotatable bonds is 1. The first kappa shape index (κ1) is 9.85. The Hall–Kier alpha value is -1.23. The molecule has 0 aromatic rings. The maximum absolute atomic E-state index is 7.65. The lowest BCUT2D eigenvalue weighted by Crippen LogP contribution is -2.46. The topological polar surface area (TPSA) is 82.4 Å². The molecule has 1 aliphatic rings. The third-order valence-corrected chi connectivity index (χ3v) is 2.15. The van der Waals surface area contributed by atoms with Crippen LogP contribution < -0.4 is 11.5 Å². The van der Waals surface area contributed by atoms with E-state index in [1.165, 1.54) is 6.08 Å². The molecule has 0 spiro atoms. The van der Waals surface area contributed by atoms with Gasteiger partial charge in [0.1, 0.15) is 5.84 Å². The molecule has 0 aromatic heterocycles. The van der Waals surface area contributed by atoms with Gasteiger partial charge in [0.05, 0.1) is 5.82 Å². The Morgan fingerprint density at radius 3 is 2.23 bits per heavy atom. The van der Waals surface area contributed by atoms with E-state index < -0.39 is 0 Å². The van der Waals surface area contributed by atoms with Crippen molar-refractivity contribution in [3.63, 3.8) is 0 Å². The Morgan fingerprint density at radius 1 is 1.23 bits per heavy atom. The lowest BCUT2D eigenvalue weighted by molar-refractivity contribution is 0.215. The minimum atomic E-state index is 0.198. The molecule has 5 N–H and O–H groups in total. The highest BCUT2D eigenvalue weighted by molar-refractivity contribution is 5.90. The second kappa shape index (κ2) is 4.13. The molecule has 0 atom stereocenters. The van der Waals surface area contributed by atoms with Gasteiger partial charge in [-0.05, 0) is 7.05 Å². The van der Waals surface area contributed by atoms with Gasteiger partial charge >= 0.3 is 0 Å². The zero-order valence-corrected chi connectivity index (χ0v) is 7.95. The number of likely N-dealkylation sites (N-methyl/N-ethyl adjacent to an activating group) is 1. The van der Waals surface area contributed by atoms with Crippen molar-refractivity contribution < 1.29 is 0 Å². The van der Waals surface area contributed by atoms with Gasteiger partial charge in [-0.2, -0.15) is 0 Å². The van der Waals surface area contributed by atoms with Crippen LogP contribution in [0.1, 0.15) is 0 Å². The number of piperazine rings is 1. The van der Waals surface area contributed by atoms with Gasteiger partial charge in [-0.3, -0.25) is 5.41 Å². The van der Waals surface area contributed by atoms with Crippen LogP contribution in [0.4, 0.5) is 0 Å². The van der Waals surface area contributed by atoms with E-state index in [9.17, 15) is 0 Å². The van der Waals surface area contributed by atoms with Crippen LogP contribution in [-0.4, -0.2) is 48.9 Å². The summed E-state index contributed by atoms with van der Waals surface area (Å²) in [6.45, 7) is 3.72. The second-order valence-electron chi connectivity index (χ2n) is 3.32. The summed E-state index contributed by atoms with van der Waals surface area (Å²) in [5, 5.41) is 7.65. The highest BCUT2D eigenvalue weighted by Gasteiger charge is 2.14. The van der Waals surface area contributed by atoms with Gasteiger partial charge in [-0.1, -0.05) is 0 Å². The highest BCUT2D eigenvalue weighted by atomic mass is 15.3. The molecule has 5 nitrogen and oxygen atoms in total. The molecule has 5 heteroatoms. The summed E-state index contributed by atoms with van der Waals surface area (Å²) in [7, 11) is 2.08. The Bertz CT molecular complexity index is 211. The SMILES string of the molecule is CN1CCN(C(=N)C=C(N)N)CC1. The number of nitrogens with one attached hydrogen (secondary N) is 1. The molecule has 0 saturated carbocycles. The van der Waals surface area contributed by atoms with Crippen LogP contribution in [0.25, 0.3) is 0 Å². The molecule has 0 aromatic carbocycles. The monoisotopic (exact) mass is 183 g/mol. The first-order chi connectivity index (χ1) is 6.09. The summed E-state index contributed by atoms with van der Waals surface area (Å²) in [6.07, 6.45) is 1.49. The molecular formula is C8H17N5. The average Bonchev–Trinajstić information content (AvgIpc) is 2.04. The largest absolute Gasteiger partial charge is 0.386 e. The predicted octanol–water partition coefficient (Wildman–Crippen LogP) is -1.03. The number of amidine groups is 1. The molecule has 0 unspecified atom stereocenters. The van der Waals surface area contributed by atoms with Crippen molar-refractivity contribution in [3.8, 4) is 0 Å². The smallest absolute Gasteiger partial charge is 0.124 e. The molecule has 0 bridgehead atoms. The highest BCUT2D eigenvalue weighted by Crippen LogP contribution is 2.00. The van der Waals surface area contributed by atoms with E-state index in [1.807, 2.05) is 4.90 Å². The Labute approximate surface area is 78.5 Å². The fraction of sp³-hybridized carbons (Fsp3) is 0.625. The maximum Gasteiger partial charge on any atom is 0.124 e. The molecular weight excluding hydrogens is 166 g/mol. The van der Waals surface area contributed by atoms with Crippen molar-refractivity contribution in [2.45, 2.75) is 0 Å². The number of nitrogens with zero attached hydrogens (tertiary/aromatic N) is 2. The van der Waals surface area contributed by atoms with Crippen molar-refractivity contribution in [3.05, 3.63) is 11.9 Å². The summed E-state index contributed by atoms with van der Waals surface area (Å²) in [6, 6.07) is 0. The van der Waals surface area contributed by atoms with Gasteiger partial charge in [0.15, 0.2) is 0 Å². The van der Waals surface area contributed by atoms with Crippen molar-refractivity contribution in [2.75, 3.05) is 33.2 Å². The van der Waals surface area contributed by atoms with Crippen molar-refractivity contribution in [2.24, 2.45) is 11.5 Å². The predicted molar refractivity (Wildman–Crippen MR) is 53.3 cm³/mol. The summed E-state index contributed by atoms with van der Waals surface area (Å²) >= 11 is 0. The van der Waals surface area contributed by atoms with E-state index >= 15 is 0 Å². The van der Waals surface area contributed by atoms with E-state index in [2.05, 4.69) is 11.9 Å². The number of nitrogens with two attached hydrogens (primary N) is 2. The molecule has 1 saturated heterocycles. The van der Waals surface area contributed by atoms with Crippen LogP contribution in [-0.2, 0) is 0 Å². The second-order valence-corrected chi connectivity index (χ2v) is 3.32. The standard InChI is InChI=1S/C8H17N5/c1-12-2-4-13(5-3-12)8(11)6-7(9)10/h6,11H,2-5,9-10H2,1H3. The lowest BCUT2D eigenvalue weighted by atomic mass is 10.3. The van der Waals surface area contributed by atoms with Crippen molar-refractivity contribution >= 4 is 5.84 Å². The fourth-order valence-corrected chi connectivity index (χ4v) is 1.30. The average molecular weight is 183 g/mol. The Balaban J connectivity index is 2.45. The molecule has 1 aliphatic heterocycles. The van der Waals surface area contributed by atoms with E-state index in [0.717, 1.165) is 26.2 Å². The van der Waals surface area contributed by atoms with Gasteiger partial charge in [-0.25, -0.2) is 0 Å². The van der Waals surface area contributed by atoms with Crippen molar-refractivity contribution in [1.29, 1.82) is 5.41 Å². The van der Waals surface area contributed by atoms with Crippen LogP contribution >= 0.6 is 0 Å². The van der Waals surface area contributed by atoms with Gasteiger partial charge in [-0.15, -0.1) is 0 Å². The van der Waals surface area contributed by atoms with E-state index in [0.29, 0.717) is 5.84 Å². The lowest BCUT2D eigenvalue weighted by Gasteiger charge is -2.33. The molecule has 1 heterocycles. The zero-order chi connectivity index (χ0) is 9.84. The van der Waals surface area contributed by atoms with Gasteiger partial charge < -0.3 is 21.3 Å². The first-order valence-electron chi connectivity index (χ1n) is 4.34. The minimum Gasteiger partial charge on any atom is -0.386 e. The molecule has 74 valence electrons. The first-order valence-corrected chi connectivity index (χ1v) is 4.34. The molecule has 0 radical (unpaired) electrons. The maximum atomic E-state index is 7.65. The molecule has 1 rings (SSSR count). The van der Waals surface area contributed by atoms with Crippen LogP contribution in [0.2, 0.25) is 0 Å².